The zero-order chi connectivity index (χ0) is 45.0. The third-order valence-electron chi connectivity index (χ3n) is 12.9. The summed E-state index contributed by atoms with van der Waals surface area (Å²) in [4.78, 5) is 19.2. The molecule has 0 unspecified atom stereocenters. The van der Waals surface area contributed by atoms with Gasteiger partial charge in [0.15, 0.2) is 22.7 Å². The lowest BCUT2D eigenvalue weighted by Gasteiger charge is -2.12. The maximum atomic E-state index is 6.92. The van der Waals surface area contributed by atoms with Crippen LogP contribution in [0.15, 0.2) is 192 Å². The van der Waals surface area contributed by atoms with E-state index >= 15 is 0 Å². The minimum absolute atomic E-state index is 0.581. The fourth-order valence-corrected chi connectivity index (χ4v) is 9.86. The van der Waals surface area contributed by atoms with Gasteiger partial charge in [-0.05, 0) is 84.9 Å². The summed E-state index contributed by atoms with van der Waals surface area (Å²) in [6.07, 6.45) is 11.1. The van der Waals surface area contributed by atoms with Gasteiger partial charge in [0.1, 0.15) is 45.9 Å². The summed E-state index contributed by atoms with van der Waals surface area (Å²) < 4.78 is 35.3. The van der Waals surface area contributed by atoms with Gasteiger partial charge in [-0.25, -0.2) is 19.9 Å². The number of aryl methyl sites for hydroxylation is 2. The number of rotatable bonds is 8. The van der Waals surface area contributed by atoms with Crippen molar-refractivity contribution in [2.75, 3.05) is 0 Å². The Bertz CT molecular complexity index is 4030. The molecule has 14 aromatic rings. The first-order valence-electron chi connectivity index (χ1n) is 22.2. The van der Waals surface area contributed by atoms with E-state index in [2.05, 4.69) is 67.6 Å². The minimum Gasteiger partial charge on any atom is -0.453 e. The molecule has 0 saturated carbocycles. The summed E-state index contributed by atoms with van der Waals surface area (Å²) in [7, 11) is 3.98. The molecule has 0 fully saturated rings. The molecule has 6 aromatic carbocycles. The number of ether oxygens (including phenoxy) is 2. The number of furan rings is 2. The SMILES string of the molecule is Cn1ccnc1-c1cc(Oc2ccc3c(c2)n(-c2ccccn2)c2c4ccc(Oc5cc(-c6nccn6C)cc6c5oc5ccccc56)cc4n(-c4ccccn4)c32)c2oc3ccccc3c2c1. The summed E-state index contributed by atoms with van der Waals surface area (Å²) in [5.74, 6) is 5.56. The van der Waals surface area contributed by atoms with Gasteiger partial charge in [-0.3, -0.25) is 9.13 Å². The summed E-state index contributed by atoms with van der Waals surface area (Å²) in [6, 6.07) is 48.6. The van der Waals surface area contributed by atoms with E-state index < -0.39 is 0 Å². The average molecular weight is 885 g/mol. The molecule has 0 saturated heterocycles. The summed E-state index contributed by atoms with van der Waals surface area (Å²) in [5, 5.41) is 5.85. The van der Waals surface area contributed by atoms with E-state index in [4.69, 9.17) is 28.3 Å². The molecule has 0 amide bonds. The van der Waals surface area contributed by atoms with E-state index in [1.165, 1.54) is 0 Å². The number of imidazole rings is 2. The number of pyridine rings is 2. The van der Waals surface area contributed by atoms with E-state index in [1.54, 1.807) is 12.4 Å². The number of nitrogens with zero attached hydrogens (tertiary/aromatic N) is 8. The highest BCUT2D eigenvalue weighted by molar-refractivity contribution is 6.20. The first-order valence-corrected chi connectivity index (χ1v) is 22.2. The number of fused-ring (bicyclic) bond motifs is 11. The van der Waals surface area contributed by atoms with Crippen molar-refractivity contribution in [3.05, 3.63) is 183 Å². The Hall–Kier alpha value is -9.42. The van der Waals surface area contributed by atoms with Crippen molar-refractivity contribution in [3.63, 3.8) is 0 Å². The molecule has 0 radical (unpaired) electrons. The molecule has 0 atom stereocenters. The van der Waals surface area contributed by atoms with E-state index in [1.807, 2.05) is 145 Å². The van der Waals surface area contributed by atoms with Crippen LogP contribution < -0.4 is 9.47 Å². The predicted octanol–water partition coefficient (Wildman–Crippen LogP) is 13.7. The van der Waals surface area contributed by atoms with Crippen molar-refractivity contribution >= 4 is 76.7 Å². The van der Waals surface area contributed by atoms with Crippen LogP contribution in [0.5, 0.6) is 23.0 Å². The monoisotopic (exact) mass is 884 g/mol. The second-order valence-electron chi connectivity index (χ2n) is 16.9. The number of para-hydroxylation sites is 2. The van der Waals surface area contributed by atoms with Crippen molar-refractivity contribution in [2.45, 2.75) is 0 Å². The molecule has 8 heterocycles. The van der Waals surface area contributed by atoms with Gasteiger partial charge in [0.25, 0.3) is 0 Å². The van der Waals surface area contributed by atoms with Gasteiger partial charge in [0.05, 0.1) is 22.1 Å². The lowest BCUT2D eigenvalue weighted by molar-refractivity contribution is 0.477. The zero-order valence-electron chi connectivity index (χ0n) is 36.5. The molecule has 14 rings (SSSR count). The number of benzene rings is 6. The number of hydrogen-bond donors (Lipinski definition) is 0. The Morgan fingerprint density at radius 1 is 0.412 bits per heavy atom. The van der Waals surface area contributed by atoms with E-state index in [0.717, 1.165) is 100.0 Å². The maximum Gasteiger partial charge on any atom is 0.177 e. The molecule has 0 aliphatic heterocycles. The van der Waals surface area contributed by atoms with Crippen LogP contribution in [-0.4, -0.2) is 38.2 Å². The summed E-state index contributed by atoms with van der Waals surface area (Å²) >= 11 is 0. The van der Waals surface area contributed by atoms with Crippen LogP contribution in [0.3, 0.4) is 0 Å². The van der Waals surface area contributed by atoms with E-state index in [9.17, 15) is 0 Å². The average Bonchev–Trinajstić information content (AvgIpc) is 4.24. The molecular weight excluding hydrogens is 849 g/mol. The third kappa shape index (κ3) is 5.73. The predicted molar refractivity (Wildman–Crippen MR) is 265 cm³/mol. The summed E-state index contributed by atoms with van der Waals surface area (Å²) in [6.45, 7) is 0. The van der Waals surface area contributed by atoms with Gasteiger partial charge in [0.2, 0.25) is 0 Å². The van der Waals surface area contributed by atoms with Crippen LogP contribution in [0.25, 0.3) is 111 Å². The smallest absolute Gasteiger partial charge is 0.177 e. The summed E-state index contributed by atoms with van der Waals surface area (Å²) in [5.41, 5.74) is 8.41. The topological polar surface area (TPSA) is 116 Å². The van der Waals surface area contributed by atoms with E-state index in [0.29, 0.717) is 34.2 Å². The van der Waals surface area contributed by atoms with Gasteiger partial charge < -0.3 is 27.4 Å². The first kappa shape index (κ1) is 37.9. The Balaban J connectivity index is 0.972. The molecule has 0 aliphatic rings. The Morgan fingerprint density at radius 3 is 1.29 bits per heavy atom. The molecule has 0 spiro atoms. The molecule has 0 N–H and O–H groups in total. The normalized spacial score (nSPS) is 12.0. The molecule has 12 heteroatoms. The van der Waals surface area contributed by atoms with Crippen molar-refractivity contribution in [1.82, 2.24) is 38.2 Å². The first-order chi connectivity index (χ1) is 33.5. The van der Waals surface area contributed by atoms with Gasteiger partial charge in [-0.2, -0.15) is 0 Å². The fraction of sp³-hybridized carbons (Fsp3) is 0.0357. The van der Waals surface area contributed by atoms with Crippen LogP contribution in [0.4, 0.5) is 0 Å². The number of hydrogen-bond acceptors (Lipinski definition) is 8. The highest BCUT2D eigenvalue weighted by Crippen LogP contribution is 2.46. The fourth-order valence-electron chi connectivity index (χ4n) is 9.86. The van der Waals surface area contributed by atoms with E-state index in [-0.39, 0.29) is 0 Å². The Labute approximate surface area is 386 Å². The zero-order valence-corrected chi connectivity index (χ0v) is 36.5. The standard InChI is InChI=1S/C56H36N8O4/c1-61-25-23-59-55(61)33-27-41-37-11-3-5-13-45(37)67-53(41)47(29-33)65-35-17-19-39-43(31-35)63(49-15-7-9-21-57-49)52-40-20-18-36(32-44(40)64(51(39)52)50-16-8-10-22-58-50)66-48-30-34(56-60-24-26-62(56)2)28-42-38-12-4-6-14-46(38)68-54(42)48/h3-32H,1-2H3. The molecule has 12 nitrogen and oxygen atoms in total. The maximum absolute atomic E-state index is 6.92. The molecular formula is C56H36N8O4. The lowest BCUT2D eigenvalue weighted by atomic mass is 10.1. The molecule has 0 bridgehead atoms. The molecule has 0 aliphatic carbocycles. The van der Waals surface area contributed by atoms with Gasteiger partial charge in [-0.15, -0.1) is 0 Å². The highest BCUT2D eigenvalue weighted by Gasteiger charge is 2.26. The Morgan fingerprint density at radius 2 is 0.868 bits per heavy atom. The van der Waals surface area contributed by atoms with Crippen LogP contribution >= 0.6 is 0 Å². The molecule has 324 valence electrons. The van der Waals surface area contributed by atoms with Crippen LogP contribution in [0.1, 0.15) is 0 Å². The quantitative estimate of drug-likeness (QED) is 0.148. The minimum atomic E-state index is 0.581. The molecule has 68 heavy (non-hydrogen) atoms. The lowest BCUT2D eigenvalue weighted by Crippen LogP contribution is -1.97. The largest absolute Gasteiger partial charge is 0.453 e. The number of aromatic nitrogens is 8. The Kier molecular flexibility index (Phi) is 8.11. The van der Waals surface area contributed by atoms with Gasteiger partial charge in [0, 0.05) is 107 Å². The van der Waals surface area contributed by atoms with Gasteiger partial charge >= 0.3 is 0 Å². The van der Waals surface area contributed by atoms with Crippen molar-refractivity contribution in [2.24, 2.45) is 14.1 Å². The van der Waals surface area contributed by atoms with Crippen LogP contribution in [0, 0.1) is 0 Å². The highest BCUT2D eigenvalue weighted by atomic mass is 16.5. The second-order valence-corrected chi connectivity index (χ2v) is 16.9. The van der Waals surface area contributed by atoms with Crippen molar-refractivity contribution < 1.29 is 18.3 Å². The van der Waals surface area contributed by atoms with Crippen LogP contribution in [-0.2, 0) is 14.1 Å². The van der Waals surface area contributed by atoms with Crippen molar-refractivity contribution in [3.8, 4) is 57.4 Å². The van der Waals surface area contributed by atoms with Crippen molar-refractivity contribution in [1.29, 1.82) is 0 Å². The third-order valence-corrected chi connectivity index (χ3v) is 12.9. The van der Waals surface area contributed by atoms with Crippen LogP contribution in [0.2, 0.25) is 0 Å². The molecule has 8 aromatic heterocycles. The second kappa shape index (κ2) is 14.5. The van der Waals surface area contributed by atoms with Gasteiger partial charge in [-0.1, -0.05) is 48.5 Å².